The van der Waals surface area contributed by atoms with Crippen molar-refractivity contribution in [3.05, 3.63) is 33.5 Å². The SMILES string of the molecule is CCOC(=O)c1c(NC(=O)c2cnn(CC)c2C)sc2c1CCCC2. The average Bonchev–Trinajstić information content (AvgIpc) is 3.14. The van der Waals surface area contributed by atoms with Crippen LogP contribution in [-0.4, -0.2) is 28.3 Å². The van der Waals surface area contributed by atoms with E-state index in [0.29, 0.717) is 29.3 Å². The number of nitrogens with zero attached hydrogens (tertiary/aromatic N) is 2. The van der Waals surface area contributed by atoms with E-state index in [4.69, 9.17) is 4.74 Å². The molecule has 134 valence electrons. The maximum absolute atomic E-state index is 12.7. The number of amides is 1. The van der Waals surface area contributed by atoms with Gasteiger partial charge >= 0.3 is 5.97 Å². The molecule has 1 aliphatic rings. The summed E-state index contributed by atoms with van der Waals surface area (Å²) in [5.41, 5.74) is 2.93. The van der Waals surface area contributed by atoms with E-state index in [2.05, 4.69) is 10.4 Å². The Morgan fingerprint density at radius 3 is 2.76 bits per heavy atom. The van der Waals surface area contributed by atoms with Crippen molar-refractivity contribution in [2.45, 2.75) is 53.0 Å². The number of aromatic nitrogens is 2. The first-order valence-electron chi connectivity index (χ1n) is 8.72. The number of ether oxygens (including phenoxy) is 1. The predicted molar refractivity (Wildman–Crippen MR) is 97.5 cm³/mol. The summed E-state index contributed by atoms with van der Waals surface area (Å²) in [5, 5.41) is 7.74. The van der Waals surface area contributed by atoms with Gasteiger partial charge in [0.05, 0.1) is 23.9 Å². The predicted octanol–water partition coefficient (Wildman–Crippen LogP) is 3.58. The van der Waals surface area contributed by atoms with Crippen LogP contribution in [0.25, 0.3) is 0 Å². The van der Waals surface area contributed by atoms with E-state index in [9.17, 15) is 9.59 Å². The topological polar surface area (TPSA) is 73.2 Å². The van der Waals surface area contributed by atoms with E-state index in [1.165, 1.54) is 16.2 Å². The first-order valence-corrected chi connectivity index (χ1v) is 9.53. The van der Waals surface area contributed by atoms with Gasteiger partial charge < -0.3 is 10.1 Å². The third kappa shape index (κ3) is 3.33. The van der Waals surface area contributed by atoms with Crippen LogP contribution in [0, 0.1) is 6.92 Å². The summed E-state index contributed by atoms with van der Waals surface area (Å²) in [6.45, 7) is 6.67. The highest BCUT2D eigenvalue weighted by atomic mass is 32.1. The number of hydrogen-bond donors (Lipinski definition) is 1. The molecular formula is C18H23N3O3S. The molecule has 25 heavy (non-hydrogen) atoms. The zero-order chi connectivity index (χ0) is 18.0. The Kier molecular flexibility index (Phi) is 5.22. The second-order valence-corrected chi connectivity index (χ2v) is 7.15. The number of hydrogen-bond acceptors (Lipinski definition) is 5. The minimum absolute atomic E-state index is 0.235. The molecule has 0 saturated heterocycles. The molecule has 0 aliphatic heterocycles. The van der Waals surface area contributed by atoms with Crippen LogP contribution in [0.2, 0.25) is 0 Å². The molecule has 0 saturated carbocycles. The summed E-state index contributed by atoms with van der Waals surface area (Å²) in [7, 11) is 0. The van der Waals surface area contributed by atoms with Gasteiger partial charge in [0.25, 0.3) is 5.91 Å². The van der Waals surface area contributed by atoms with Crippen molar-refractivity contribution in [1.82, 2.24) is 9.78 Å². The van der Waals surface area contributed by atoms with Gasteiger partial charge in [0.1, 0.15) is 5.00 Å². The number of nitrogens with one attached hydrogen (secondary N) is 1. The van der Waals surface area contributed by atoms with Crippen LogP contribution in [-0.2, 0) is 24.1 Å². The molecule has 3 rings (SSSR count). The highest BCUT2D eigenvalue weighted by molar-refractivity contribution is 7.17. The largest absolute Gasteiger partial charge is 0.462 e. The van der Waals surface area contributed by atoms with Gasteiger partial charge in [-0.2, -0.15) is 5.10 Å². The molecule has 2 aromatic rings. The Bertz CT molecular complexity index is 807. The quantitative estimate of drug-likeness (QED) is 0.826. The van der Waals surface area contributed by atoms with E-state index in [-0.39, 0.29) is 11.9 Å². The highest BCUT2D eigenvalue weighted by Gasteiger charge is 2.28. The van der Waals surface area contributed by atoms with Gasteiger partial charge in [0.15, 0.2) is 0 Å². The van der Waals surface area contributed by atoms with Crippen molar-refractivity contribution in [3.8, 4) is 0 Å². The molecule has 0 spiro atoms. The molecule has 0 atom stereocenters. The Hall–Kier alpha value is -2.15. The average molecular weight is 361 g/mol. The first kappa shape index (κ1) is 17.7. The van der Waals surface area contributed by atoms with Crippen LogP contribution < -0.4 is 5.32 Å². The van der Waals surface area contributed by atoms with Crippen molar-refractivity contribution in [2.24, 2.45) is 0 Å². The molecule has 1 N–H and O–H groups in total. The van der Waals surface area contributed by atoms with Gasteiger partial charge in [-0.1, -0.05) is 0 Å². The van der Waals surface area contributed by atoms with Gasteiger partial charge in [-0.05, 0) is 52.0 Å². The number of carbonyl (C=O) groups is 2. The summed E-state index contributed by atoms with van der Waals surface area (Å²) in [5.74, 6) is -0.584. The summed E-state index contributed by atoms with van der Waals surface area (Å²) >= 11 is 1.50. The van der Waals surface area contributed by atoms with Gasteiger partial charge in [-0.25, -0.2) is 4.79 Å². The number of thiophene rings is 1. The first-order chi connectivity index (χ1) is 12.1. The summed E-state index contributed by atoms with van der Waals surface area (Å²) < 4.78 is 7.00. The van der Waals surface area contributed by atoms with Crippen molar-refractivity contribution < 1.29 is 14.3 Å². The third-order valence-corrected chi connectivity index (χ3v) is 5.73. The van der Waals surface area contributed by atoms with Gasteiger partial charge in [-0.3, -0.25) is 9.48 Å². The molecular weight excluding hydrogens is 338 g/mol. The van der Waals surface area contributed by atoms with E-state index in [0.717, 1.165) is 36.9 Å². The van der Waals surface area contributed by atoms with Crippen LogP contribution >= 0.6 is 11.3 Å². The molecule has 1 aliphatic carbocycles. The number of esters is 1. The molecule has 7 heteroatoms. The summed E-state index contributed by atoms with van der Waals surface area (Å²) in [6.07, 6.45) is 5.57. The van der Waals surface area contributed by atoms with E-state index in [1.54, 1.807) is 17.8 Å². The standard InChI is InChI=1S/C18H23N3O3S/c1-4-21-11(3)13(10-19-21)16(22)20-17-15(18(23)24-5-2)12-8-6-7-9-14(12)25-17/h10H,4-9H2,1-3H3,(H,20,22). The van der Waals surface area contributed by atoms with Crippen LogP contribution in [0.1, 0.15) is 63.5 Å². The number of anilines is 1. The molecule has 6 nitrogen and oxygen atoms in total. The lowest BCUT2D eigenvalue weighted by Gasteiger charge is -2.12. The second-order valence-electron chi connectivity index (χ2n) is 6.05. The van der Waals surface area contributed by atoms with Crippen molar-refractivity contribution in [2.75, 3.05) is 11.9 Å². The minimum Gasteiger partial charge on any atom is -0.462 e. The number of fused-ring (bicyclic) bond motifs is 1. The van der Waals surface area contributed by atoms with E-state index < -0.39 is 0 Å². The lowest BCUT2D eigenvalue weighted by Crippen LogP contribution is -2.16. The smallest absolute Gasteiger partial charge is 0.341 e. The number of rotatable bonds is 5. The zero-order valence-electron chi connectivity index (χ0n) is 14.8. The third-order valence-electron chi connectivity index (χ3n) is 4.53. The van der Waals surface area contributed by atoms with Crippen LogP contribution in [0.5, 0.6) is 0 Å². The Morgan fingerprint density at radius 2 is 2.08 bits per heavy atom. The summed E-state index contributed by atoms with van der Waals surface area (Å²) in [4.78, 5) is 26.3. The Balaban J connectivity index is 1.93. The monoisotopic (exact) mass is 361 g/mol. The summed E-state index contributed by atoms with van der Waals surface area (Å²) in [6, 6.07) is 0. The maximum atomic E-state index is 12.7. The fraction of sp³-hybridized carbons (Fsp3) is 0.500. The Labute approximate surface area is 151 Å². The van der Waals surface area contributed by atoms with Crippen molar-refractivity contribution in [1.29, 1.82) is 0 Å². The van der Waals surface area contributed by atoms with E-state index >= 15 is 0 Å². The normalized spacial score (nSPS) is 13.4. The molecule has 0 aromatic carbocycles. The molecule has 1 amide bonds. The molecule has 2 heterocycles. The van der Waals surface area contributed by atoms with Crippen LogP contribution in [0.15, 0.2) is 6.20 Å². The Morgan fingerprint density at radius 1 is 1.32 bits per heavy atom. The number of carbonyl (C=O) groups excluding carboxylic acids is 2. The van der Waals surface area contributed by atoms with Gasteiger partial charge in [0, 0.05) is 17.1 Å². The number of aryl methyl sites for hydroxylation is 2. The zero-order valence-corrected chi connectivity index (χ0v) is 15.7. The minimum atomic E-state index is -0.349. The molecule has 0 fully saturated rings. The lowest BCUT2D eigenvalue weighted by molar-refractivity contribution is 0.0526. The second kappa shape index (κ2) is 7.39. The lowest BCUT2D eigenvalue weighted by atomic mass is 9.95. The van der Waals surface area contributed by atoms with Crippen LogP contribution in [0.3, 0.4) is 0 Å². The van der Waals surface area contributed by atoms with Crippen LogP contribution in [0.4, 0.5) is 5.00 Å². The molecule has 0 bridgehead atoms. The van der Waals surface area contributed by atoms with Gasteiger partial charge in [0.2, 0.25) is 0 Å². The van der Waals surface area contributed by atoms with Crippen molar-refractivity contribution in [3.63, 3.8) is 0 Å². The van der Waals surface area contributed by atoms with Crippen molar-refractivity contribution >= 4 is 28.2 Å². The maximum Gasteiger partial charge on any atom is 0.341 e. The fourth-order valence-electron chi connectivity index (χ4n) is 3.23. The van der Waals surface area contributed by atoms with E-state index in [1.807, 2.05) is 13.8 Å². The molecule has 0 radical (unpaired) electrons. The fourth-order valence-corrected chi connectivity index (χ4v) is 4.50. The molecule has 2 aromatic heterocycles. The molecule has 0 unspecified atom stereocenters. The highest BCUT2D eigenvalue weighted by Crippen LogP contribution is 2.38. The van der Waals surface area contributed by atoms with Gasteiger partial charge in [-0.15, -0.1) is 11.3 Å².